The number of nitrogens with zero attached hydrogens (tertiary/aromatic N) is 2. The summed E-state index contributed by atoms with van der Waals surface area (Å²) in [6.07, 6.45) is 1.54. The second-order valence-corrected chi connectivity index (χ2v) is 4.29. The summed E-state index contributed by atoms with van der Waals surface area (Å²) in [7, 11) is 0. The number of ether oxygens (including phenoxy) is 1. The number of benzene rings is 1. The van der Waals surface area contributed by atoms with E-state index in [2.05, 4.69) is 11.7 Å². The van der Waals surface area contributed by atoms with Crippen molar-refractivity contribution in [2.75, 3.05) is 0 Å². The Hall–Kier alpha value is -1.87. The Morgan fingerprint density at radius 1 is 1.33 bits per heavy atom. The van der Waals surface area contributed by atoms with Crippen molar-refractivity contribution in [2.45, 2.75) is 26.7 Å². The molecule has 0 aliphatic carbocycles. The molecule has 2 rings (SSSR count). The topological polar surface area (TPSA) is 27.1 Å². The van der Waals surface area contributed by atoms with Gasteiger partial charge in [-0.2, -0.15) is 5.10 Å². The van der Waals surface area contributed by atoms with Crippen LogP contribution in [0.5, 0.6) is 0 Å². The fourth-order valence-electron chi connectivity index (χ4n) is 1.90. The molecule has 0 spiro atoms. The first-order valence-electron chi connectivity index (χ1n) is 6.01. The average molecular weight is 242 g/mol. The zero-order valence-corrected chi connectivity index (χ0v) is 10.8. The number of hydrogen-bond acceptors (Lipinski definition) is 2. The van der Waals surface area contributed by atoms with Crippen molar-refractivity contribution >= 4 is 0 Å². The van der Waals surface area contributed by atoms with Crippen LogP contribution in [0.3, 0.4) is 0 Å². The fourth-order valence-corrected chi connectivity index (χ4v) is 1.90. The third kappa shape index (κ3) is 2.87. The first-order chi connectivity index (χ1) is 8.70. The van der Waals surface area contributed by atoms with Gasteiger partial charge < -0.3 is 4.74 Å². The molecule has 1 aromatic heterocycles. The molecular formula is C15H18N2O. The fraction of sp³-hybridized carbons (Fsp3) is 0.267. The normalized spacial score (nSPS) is 12.3. The van der Waals surface area contributed by atoms with Gasteiger partial charge in [0.2, 0.25) is 0 Å². The maximum absolute atomic E-state index is 5.84. The van der Waals surface area contributed by atoms with Gasteiger partial charge in [0.15, 0.2) is 6.23 Å². The van der Waals surface area contributed by atoms with Gasteiger partial charge in [-0.3, -0.25) is 0 Å². The molecular weight excluding hydrogens is 224 g/mol. The molecule has 3 nitrogen and oxygen atoms in total. The minimum Gasteiger partial charge on any atom is -0.348 e. The van der Waals surface area contributed by atoms with Crippen molar-refractivity contribution in [1.82, 2.24) is 9.78 Å². The molecule has 18 heavy (non-hydrogen) atoms. The van der Waals surface area contributed by atoms with Gasteiger partial charge in [-0.15, -0.1) is 0 Å². The highest BCUT2D eigenvalue weighted by molar-refractivity contribution is 5.13. The van der Waals surface area contributed by atoms with Crippen LogP contribution in [-0.4, -0.2) is 9.78 Å². The van der Waals surface area contributed by atoms with E-state index in [1.165, 1.54) is 0 Å². The molecule has 0 aliphatic heterocycles. The minimum absolute atomic E-state index is 0.223. The first-order valence-corrected chi connectivity index (χ1v) is 6.01. The molecule has 94 valence electrons. The molecule has 0 saturated carbocycles. The van der Waals surface area contributed by atoms with E-state index in [1.54, 1.807) is 6.08 Å². The van der Waals surface area contributed by atoms with E-state index >= 15 is 0 Å². The highest BCUT2D eigenvalue weighted by Gasteiger charge is 2.11. The molecule has 0 fully saturated rings. The molecule has 0 amide bonds. The molecule has 0 radical (unpaired) electrons. The third-order valence-electron chi connectivity index (χ3n) is 2.75. The van der Waals surface area contributed by atoms with Crippen LogP contribution >= 0.6 is 0 Å². The van der Waals surface area contributed by atoms with Crippen LogP contribution in [0.25, 0.3) is 0 Å². The van der Waals surface area contributed by atoms with Crippen molar-refractivity contribution in [3.05, 3.63) is 66.0 Å². The largest absolute Gasteiger partial charge is 0.348 e. The van der Waals surface area contributed by atoms with Gasteiger partial charge in [-0.25, -0.2) is 4.68 Å². The highest BCUT2D eigenvalue weighted by atomic mass is 16.5. The van der Waals surface area contributed by atoms with Crippen molar-refractivity contribution < 1.29 is 4.74 Å². The standard InChI is InChI=1S/C15H18N2O/c1-4-15(17-13(3)10-12(2)16-17)18-11-14-8-6-5-7-9-14/h4-10,15H,1,11H2,2-3H3. The monoisotopic (exact) mass is 242 g/mol. The van der Waals surface area contributed by atoms with Gasteiger partial charge in [0.05, 0.1) is 12.3 Å². The third-order valence-corrected chi connectivity index (χ3v) is 2.75. The lowest BCUT2D eigenvalue weighted by Crippen LogP contribution is -2.13. The van der Waals surface area contributed by atoms with Gasteiger partial charge in [-0.05, 0) is 31.6 Å². The summed E-state index contributed by atoms with van der Waals surface area (Å²) in [5.41, 5.74) is 3.21. The van der Waals surface area contributed by atoms with Crippen molar-refractivity contribution in [1.29, 1.82) is 0 Å². The van der Waals surface area contributed by atoms with Crippen molar-refractivity contribution in [3.8, 4) is 0 Å². The number of aryl methyl sites for hydroxylation is 2. The molecule has 1 atom stereocenters. The Morgan fingerprint density at radius 3 is 2.61 bits per heavy atom. The molecule has 2 aromatic rings. The van der Waals surface area contributed by atoms with Crippen molar-refractivity contribution in [2.24, 2.45) is 0 Å². The average Bonchev–Trinajstić information content (AvgIpc) is 2.71. The Kier molecular flexibility index (Phi) is 3.95. The Morgan fingerprint density at radius 2 is 2.06 bits per heavy atom. The number of hydrogen-bond donors (Lipinski definition) is 0. The SMILES string of the molecule is C=CC(OCc1ccccc1)n1nc(C)cc1C. The van der Waals surface area contributed by atoms with Crippen LogP contribution in [0, 0.1) is 13.8 Å². The lowest BCUT2D eigenvalue weighted by atomic mass is 10.2. The minimum atomic E-state index is -0.223. The molecule has 1 heterocycles. The van der Waals surface area contributed by atoms with Crippen LogP contribution in [0.4, 0.5) is 0 Å². The van der Waals surface area contributed by atoms with E-state index in [4.69, 9.17) is 4.74 Å². The van der Waals surface area contributed by atoms with Crippen LogP contribution in [0.1, 0.15) is 23.2 Å². The lowest BCUT2D eigenvalue weighted by Gasteiger charge is -2.16. The van der Waals surface area contributed by atoms with Crippen LogP contribution in [-0.2, 0) is 11.3 Å². The molecule has 0 N–H and O–H groups in total. The second kappa shape index (κ2) is 5.65. The Labute approximate surface area is 108 Å². The number of aromatic nitrogens is 2. The lowest BCUT2D eigenvalue weighted by molar-refractivity contribution is 0.0157. The van der Waals surface area contributed by atoms with E-state index in [-0.39, 0.29) is 6.23 Å². The zero-order chi connectivity index (χ0) is 13.0. The maximum atomic E-state index is 5.84. The van der Waals surface area contributed by atoms with E-state index in [0.29, 0.717) is 6.61 Å². The predicted molar refractivity (Wildman–Crippen MR) is 72.2 cm³/mol. The van der Waals surface area contributed by atoms with Gasteiger partial charge in [0.1, 0.15) is 0 Å². The van der Waals surface area contributed by atoms with Crippen LogP contribution in [0.15, 0.2) is 49.1 Å². The van der Waals surface area contributed by atoms with Crippen LogP contribution in [0.2, 0.25) is 0 Å². The summed E-state index contributed by atoms with van der Waals surface area (Å²) in [4.78, 5) is 0. The van der Waals surface area contributed by atoms with Gasteiger partial charge in [-0.1, -0.05) is 36.9 Å². The smallest absolute Gasteiger partial charge is 0.169 e. The quantitative estimate of drug-likeness (QED) is 0.751. The van der Waals surface area contributed by atoms with Gasteiger partial charge in [0, 0.05) is 5.69 Å². The molecule has 3 heteroatoms. The van der Waals surface area contributed by atoms with E-state index in [1.807, 2.05) is 54.9 Å². The molecule has 0 aliphatic rings. The van der Waals surface area contributed by atoms with Crippen molar-refractivity contribution in [3.63, 3.8) is 0 Å². The molecule has 1 aromatic carbocycles. The Balaban J connectivity index is 2.06. The summed E-state index contributed by atoms with van der Waals surface area (Å²) in [5, 5.41) is 4.41. The second-order valence-electron chi connectivity index (χ2n) is 4.29. The van der Waals surface area contributed by atoms with Gasteiger partial charge >= 0.3 is 0 Å². The van der Waals surface area contributed by atoms with Gasteiger partial charge in [0.25, 0.3) is 0 Å². The summed E-state index contributed by atoms with van der Waals surface area (Å²) >= 11 is 0. The Bertz CT molecular complexity index is 517. The maximum Gasteiger partial charge on any atom is 0.169 e. The predicted octanol–water partition coefficient (Wildman–Crippen LogP) is 3.40. The summed E-state index contributed by atoms with van der Waals surface area (Å²) in [6.45, 7) is 8.35. The first kappa shape index (κ1) is 12.6. The van der Waals surface area contributed by atoms with E-state index in [9.17, 15) is 0 Å². The van der Waals surface area contributed by atoms with Crippen LogP contribution < -0.4 is 0 Å². The summed E-state index contributed by atoms with van der Waals surface area (Å²) in [5.74, 6) is 0. The molecule has 0 saturated heterocycles. The van der Waals surface area contributed by atoms with E-state index < -0.39 is 0 Å². The molecule has 0 bridgehead atoms. The number of rotatable bonds is 5. The summed E-state index contributed by atoms with van der Waals surface area (Å²) < 4.78 is 7.69. The summed E-state index contributed by atoms with van der Waals surface area (Å²) in [6, 6.07) is 12.1. The molecule has 1 unspecified atom stereocenters. The van der Waals surface area contributed by atoms with E-state index in [0.717, 1.165) is 17.0 Å². The highest BCUT2D eigenvalue weighted by Crippen LogP contribution is 2.15. The zero-order valence-electron chi connectivity index (χ0n) is 10.8.